The normalized spacial score (nSPS) is 18.2. The lowest BCUT2D eigenvalue weighted by molar-refractivity contribution is 0.0916. The van der Waals surface area contributed by atoms with Crippen molar-refractivity contribution in [2.45, 2.75) is 37.8 Å². The highest BCUT2D eigenvalue weighted by Gasteiger charge is 2.25. The van der Waals surface area contributed by atoms with E-state index >= 15 is 0 Å². The number of carbonyl (C=O) groups is 1. The van der Waals surface area contributed by atoms with Crippen molar-refractivity contribution in [2.75, 3.05) is 11.1 Å². The summed E-state index contributed by atoms with van der Waals surface area (Å²) in [4.78, 5) is 32.8. The van der Waals surface area contributed by atoms with Gasteiger partial charge in [0.05, 0.1) is 35.0 Å². The van der Waals surface area contributed by atoms with Crippen molar-refractivity contribution in [3.8, 4) is 11.3 Å². The fourth-order valence-electron chi connectivity index (χ4n) is 4.23. The molecule has 10 heteroatoms. The molecule has 0 bridgehead atoms. The molecule has 3 aromatic heterocycles. The van der Waals surface area contributed by atoms with Crippen LogP contribution in [-0.4, -0.2) is 42.9 Å². The molecular formula is C23H23ClN8O. The molecule has 0 saturated heterocycles. The standard InChI is InChI=1S/C23H23ClN8O/c24-18-12-29-23(32-20(18)17-11-26-19-7-2-1-6-16(17)19)31-15-5-3-4-14(8-15)30-22(33)21-27-9-13(25)10-28-21/h1-2,6-7,9-12,14-15,26H,3-5,8,25H2,(H,30,33)(H,29,31,32). The molecule has 3 heterocycles. The van der Waals surface area contributed by atoms with Gasteiger partial charge in [0.15, 0.2) is 0 Å². The number of fused-ring (bicyclic) bond motifs is 1. The fraction of sp³-hybridized carbons (Fsp3) is 0.261. The summed E-state index contributed by atoms with van der Waals surface area (Å²) >= 11 is 6.45. The molecule has 1 amide bonds. The van der Waals surface area contributed by atoms with Crippen molar-refractivity contribution in [1.29, 1.82) is 0 Å². The summed E-state index contributed by atoms with van der Waals surface area (Å²) in [5, 5.41) is 7.98. The van der Waals surface area contributed by atoms with Gasteiger partial charge in [-0.25, -0.2) is 19.9 Å². The molecule has 1 aliphatic carbocycles. The molecule has 4 aromatic rings. The van der Waals surface area contributed by atoms with Crippen LogP contribution >= 0.6 is 11.6 Å². The lowest BCUT2D eigenvalue weighted by Crippen LogP contribution is -2.42. The summed E-state index contributed by atoms with van der Waals surface area (Å²) in [5.41, 5.74) is 8.64. The highest BCUT2D eigenvalue weighted by molar-refractivity contribution is 6.33. The molecule has 0 radical (unpaired) electrons. The number of benzene rings is 1. The second-order valence-electron chi connectivity index (χ2n) is 8.16. The van der Waals surface area contributed by atoms with Crippen molar-refractivity contribution < 1.29 is 4.79 Å². The zero-order chi connectivity index (χ0) is 22.8. The van der Waals surface area contributed by atoms with E-state index in [1.54, 1.807) is 6.20 Å². The summed E-state index contributed by atoms with van der Waals surface area (Å²) < 4.78 is 0. The number of H-pyrrole nitrogens is 1. The van der Waals surface area contributed by atoms with Crippen molar-refractivity contribution in [3.63, 3.8) is 0 Å². The minimum atomic E-state index is -0.301. The Kier molecular flexibility index (Phi) is 5.78. The molecule has 33 heavy (non-hydrogen) atoms. The van der Waals surface area contributed by atoms with Crippen LogP contribution in [0.4, 0.5) is 11.6 Å². The van der Waals surface area contributed by atoms with E-state index in [0.717, 1.165) is 42.1 Å². The third-order valence-electron chi connectivity index (χ3n) is 5.81. The molecule has 1 saturated carbocycles. The van der Waals surface area contributed by atoms with Crippen LogP contribution in [0.5, 0.6) is 0 Å². The number of carbonyl (C=O) groups excluding carboxylic acids is 1. The summed E-state index contributed by atoms with van der Waals surface area (Å²) in [7, 11) is 0. The second kappa shape index (κ2) is 9.03. The maximum absolute atomic E-state index is 12.5. The number of amides is 1. The predicted octanol–water partition coefficient (Wildman–Crippen LogP) is 3.80. The maximum Gasteiger partial charge on any atom is 0.289 e. The molecule has 1 fully saturated rings. The van der Waals surface area contributed by atoms with Crippen molar-refractivity contribution >= 4 is 40.0 Å². The second-order valence-corrected chi connectivity index (χ2v) is 8.56. The van der Waals surface area contributed by atoms with E-state index in [-0.39, 0.29) is 23.8 Å². The number of halogens is 1. The Morgan fingerprint density at radius 2 is 1.88 bits per heavy atom. The molecule has 0 aliphatic heterocycles. The SMILES string of the molecule is Nc1cnc(C(=O)NC2CCCC(Nc3ncc(Cl)c(-c4c[nH]c5ccccc45)n3)C2)nc1. The number of rotatable bonds is 5. The Bertz CT molecular complexity index is 1290. The van der Waals surface area contributed by atoms with E-state index < -0.39 is 0 Å². The lowest BCUT2D eigenvalue weighted by Gasteiger charge is -2.30. The average Bonchev–Trinajstić information content (AvgIpc) is 3.25. The van der Waals surface area contributed by atoms with Gasteiger partial charge >= 0.3 is 0 Å². The molecule has 1 aromatic carbocycles. The van der Waals surface area contributed by atoms with Crippen LogP contribution in [0, 0.1) is 0 Å². The largest absolute Gasteiger partial charge is 0.396 e. The van der Waals surface area contributed by atoms with Gasteiger partial charge in [-0.3, -0.25) is 4.79 Å². The topological polar surface area (TPSA) is 134 Å². The molecular weight excluding hydrogens is 440 g/mol. The number of aromatic nitrogens is 5. The molecule has 5 rings (SSSR count). The van der Waals surface area contributed by atoms with Gasteiger partial charge in [0.25, 0.3) is 5.91 Å². The third kappa shape index (κ3) is 4.58. The first kappa shape index (κ1) is 21.1. The highest BCUT2D eigenvalue weighted by atomic mass is 35.5. The van der Waals surface area contributed by atoms with Crippen LogP contribution in [0.15, 0.2) is 49.1 Å². The number of nitrogen functional groups attached to an aromatic ring is 1. The monoisotopic (exact) mass is 462 g/mol. The number of anilines is 2. The minimum absolute atomic E-state index is 0.00490. The Morgan fingerprint density at radius 3 is 2.73 bits per heavy atom. The first-order chi connectivity index (χ1) is 16.1. The fourth-order valence-corrected chi connectivity index (χ4v) is 4.43. The summed E-state index contributed by atoms with van der Waals surface area (Å²) in [6.07, 6.45) is 9.94. The lowest BCUT2D eigenvalue weighted by atomic mass is 9.91. The number of hydrogen-bond acceptors (Lipinski definition) is 7. The molecule has 1 aliphatic rings. The summed E-state index contributed by atoms with van der Waals surface area (Å²) in [6, 6.07) is 8.14. The van der Waals surface area contributed by atoms with E-state index in [1.807, 2.05) is 30.5 Å². The minimum Gasteiger partial charge on any atom is -0.396 e. The summed E-state index contributed by atoms with van der Waals surface area (Å²) in [6.45, 7) is 0. The van der Waals surface area contributed by atoms with Crippen LogP contribution < -0.4 is 16.4 Å². The van der Waals surface area contributed by atoms with Crippen molar-refractivity contribution in [3.05, 3.63) is 59.9 Å². The van der Waals surface area contributed by atoms with Gasteiger partial charge in [0.2, 0.25) is 11.8 Å². The first-order valence-electron chi connectivity index (χ1n) is 10.8. The quantitative estimate of drug-likeness (QED) is 0.354. The van der Waals surface area contributed by atoms with Crippen LogP contribution in [0.2, 0.25) is 5.02 Å². The van der Waals surface area contributed by atoms with Gasteiger partial charge in [0, 0.05) is 34.7 Å². The number of hydrogen-bond donors (Lipinski definition) is 4. The van der Waals surface area contributed by atoms with Crippen LogP contribution in [-0.2, 0) is 0 Å². The van der Waals surface area contributed by atoms with Gasteiger partial charge in [-0.1, -0.05) is 29.8 Å². The van der Waals surface area contributed by atoms with E-state index in [1.165, 1.54) is 12.4 Å². The Balaban J connectivity index is 1.29. The maximum atomic E-state index is 12.5. The predicted molar refractivity (Wildman–Crippen MR) is 128 cm³/mol. The van der Waals surface area contributed by atoms with E-state index in [0.29, 0.717) is 22.4 Å². The van der Waals surface area contributed by atoms with Crippen molar-refractivity contribution in [1.82, 2.24) is 30.2 Å². The molecule has 5 N–H and O–H groups in total. The average molecular weight is 463 g/mol. The smallest absolute Gasteiger partial charge is 0.289 e. The molecule has 2 atom stereocenters. The number of nitrogens with one attached hydrogen (secondary N) is 3. The van der Waals surface area contributed by atoms with Gasteiger partial charge in [-0.15, -0.1) is 0 Å². The Morgan fingerprint density at radius 1 is 1.09 bits per heavy atom. The third-order valence-corrected chi connectivity index (χ3v) is 6.08. The zero-order valence-corrected chi connectivity index (χ0v) is 18.5. The van der Waals surface area contributed by atoms with Crippen LogP contribution in [0.25, 0.3) is 22.2 Å². The number of nitrogens with two attached hydrogens (primary N) is 1. The zero-order valence-electron chi connectivity index (χ0n) is 17.8. The summed E-state index contributed by atoms with van der Waals surface area (Å²) in [5.74, 6) is 0.326. The molecule has 2 unspecified atom stereocenters. The molecule has 9 nitrogen and oxygen atoms in total. The van der Waals surface area contributed by atoms with E-state index in [4.69, 9.17) is 22.3 Å². The molecule has 168 valence electrons. The van der Waals surface area contributed by atoms with Crippen LogP contribution in [0.1, 0.15) is 36.3 Å². The van der Waals surface area contributed by atoms with Gasteiger partial charge in [-0.05, 0) is 31.7 Å². The Labute approximate surface area is 195 Å². The number of aromatic amines is 1. The Hall–Kier alpha value is -3.72. The van der Waals surface area contributed by atoms with E-state index in [9.17, 15) is 4.79 Å². The van der Waals surface area contributed by atoms with Gasteiger partial charge in [-0.2, -0.15) is 0 Å². The highest BCUT2D eigenvalue weighted by Crippen LogP contribution is 2.32. The first-order valence-corrected chi connectivity index (χ1v) is 11.2. The van der Waals surface area contributed by atoms with Gasteiger partial charge < -0.3 is 21.4 Å². The van der Waals surface area contributed by atoms with Crippen molar-refractivity contribution in [2.24, 2.45) is 0 Å². The number of para-hydroxylation sites is 1. The number of nitrogens with zero attached hydrogens (tertiary/aromatic N) is 4. The molecule has 0 spiro atoms. The van der Waals surface area contributed by atoms with Gasteiger partial charge in [0.1, 0.15) is 0 Å². The van der Waals surface area contributed by atoms with Crippen LogP contribution in [0.3, 0.4) is 0 Å². The van der Waals surface area contributed by atoms with E-state index in [2.05, 4.69) is 30.6 Å².